The first-order chi connectivity index (χ1) is 8.68. The first kappa shape index (κ1) is 12.5. The van der Waals surface area contributed by atoms with Crippen molar-refractivity contribution >= 4 is 11.9 Å². The smallest absolute Gasteiger partial charge is 0.305 e. The van der Waals surface area contributed by atoms with Gasteiger partial charge in [-0.25, -0.2) is 0 Å². The van der Waals surface area contributed by atoms with Crippen molar-refractivity contribution < 1.29 is 14.7 Å². The van der Waals surface area contributed by atoms with Crippen molar-refractivity contribution in [1.29, 1.82) is 0 Å². The summed E-state index contributed by atoms with van der Waals surface area (Å²) in [5.74, 6) is -0.972. The molecule has 1 amide bonds. The van der Waals surface area contributed by atoms with Crippen LogP contribution in [0.2, 0.25) is 0 Å². The first-order valence-electron chi connectivity index (χ1n) is 6.11. The van der Waals surface area contributed by atoms with Gasteiger partial charge in [0.15, 0.2) is 0 Å². The van der Waals surface area contributed by atoms with Crippen LogP contribution in [0.15, 0.2) is 24.5 Å². The van der Waals surface area contributed by atoms with Crippen LogP contribution in [0.4, 0.5) is 0 Å². The van der Waals surface area contributed by atoms with Gasteiger partial charge in [0, 0.05) is 25.0 Å². The molecule has 1 aliphatic rings. The van der Waals surface area contributed by atoms with Crippen LogP contribution in [0, 0.1) is 0 Å². The van der Waals surface area contributed by atoms with E-state index in [9.17, 15) is 9.59 Å². The SMILES string of the molecule is O=C(O)CC1CCCCN1C(=O)c1cccnc1. The van der Waals surface area contributed by atoms with E-state index in [0.29, 0.717) is 12.1 Å². The van der Waals surface area contributed by atoms with Gasteiger partial charge in [0.05, 0.1) is 12.0 Å². The summed E-state index contributed by atoms with van der Waals surface area (Å²) in [5, 5.41) is 8.89. The number of nitrogens with zero attached hydrogens (tertiary/aromatic N) is 2. The number of piperidine rings is 1. The molecule has 0 spiro atoms. The number of carbonyl (C=O) groups is 2. The molecule has 5 heteroatoms. The Balaban J connectivity index is 2.13. The van der Waals surface area contributed by atoms with Crippen molar-refractivity contribution in [3.05, 3.63) is 30.1 Å². The number of amides is 1. The number of hydrogen-bond acceptors (Lipinski definition) is 3. The molecule has 0 radical (unpaired) electrons. The van der Waals surface area contributed by atoms with Crippen LogP contribution >= 0.6 is 0 Å². The molecule has 1 atom stereocenters. The number of carboxylic acids is 1. The molecule has 2 rings (SSSR count). The fraction of sp³-hybridized carbons (Fsp3) is 0.462. The van der Waals surface area contributed by atoms with Gasteiger partial charge in [-0.1, -0.05) is 0 Å². The number of rotatable bonds is 3. The average molecular weight is 248 g/mol. The fourth-order valence-electron chi connectivity index (χ4n) is 2.34. The molecule has 1 aliphatic heterocycles. The summed E-state index contributed by atoms with van der Waals surface area (Å²) < 4.78 is 0. The Hall–Kier alpha value is -1.91. The lowest BCUT2D eigenvalue weighted by Crippen LogP contribution is -2.44. The predicted molar refractivity (Wildman–Crippen MR) is 65.2 cm³/mol. The van der Waals surface area contributed by atoms with Gasteiger partial charge < -0.3 is 10.0 Å². The zero-order chi connectivity index (χ0) is 13.0. The Morgan fingerprint density at radius 1 is 1.44 bits per heavy atom. The first-order valence-corrected chi connectivity index (χ1v) is 6.11. The molecule has 1 fully saturated rings. The van der Waals surface area contributed by atoms with Gasteiger partial charge in [-0.15, -0.1) is 0 Å². The molecule has 2 heterocycles. The number of hydrogen-bond donors (Lipinski definition) is 1. The minimum Gasteiger partial charge on any atom is -0.481 e. The van der Waals surface area contributed by atoms with Crippen molar-refractivity contribution in [2.45, 2.75) is 31.7 Å². The number of carboxylic acid groups (broad SMARTS) is 1. The highest BCUT2D eigenvalue weighted by molar-refractivity contribution is 5.94. The topological polar surface area (TPSA) is 70.5 Å². The van der Waals surface area contributed by atoms with E-state index in [0.717, 1.165) is 19.3 Å². The second kappa shape index (κ2) is 5.62. The van der Waals surface area contributed by atoms with Gasteiger partial charge in [-0.2, -0.15) is 0 Å². The molecule has 0 bridgehead atoms. The molecule has 1 aromatic rings. The van der Waals surface area contributed by atoms with E-state index in [4.69, 9.17) is 5.11 Å². The fourth-order valence-corrected chi connectivity index (χ4v) is 2.34. The summed E-state index contributed by atoms with van der Waals surface area (Å²) >= 11 is 0. The van der Waals surface area contributed by atoms with Gasteiger partial charge in [0.1, 0.15) is 0 Å². The summed E-state index contributed by atoms with van der Waals surface area (Å²) in [5.41, 5.74) is 0.523. The second-order valence-corrected chi connectivity index (χ2v) is 4.49. The largest absolute Gasteiger partial charge is 0.481 e. The lowest BCUT2D eigenvalue weighted by molar-refractivity contribution is -0.138. The molecule has 0 aromatic carbocycles. The number of aliphatic carboxylic acids is 1. The lowest BCUT2D eigenvalue weighted by Gasteiger charge is -2.35. The maximum absolute atomic E-state index is 12.3. The van der Waals surface area contributed by atoms with Gasteiger partial charge >= 0.3 is 5.97 Å². The highest BCUT2D eigenvalue weighted by Crippen LogP contribution is 2.21. The Morgan fingerprint density at radius 3 is 2.94 bits per heavy atom. The Bertz CT molecular complexity index is 433. The number of carbonyl (C=O) groups excluding carboxylic acids is 1. The lowest BCUT2D eigenvalue weighted by atomic mass is 9.98. The summed E-state index contributed by atoms with van der Waals surface area (Å²) in [6, 6.07) is 3.23. The number of aromatic nitrogens is 1. The summed E-state index contributed by atoms with van der Waals surface area (Å²) in [6.07, 6.45) is 5.83. The molecule has 0 aliphatic carbocycles. The van der Waals surface area contributed by atoms with Crippen LogP contribution in [-0.2, 0) is 4.79 Å². The molecule has 96 valence electrons. The van der Waals surface area contributed by atoms with Gasteiger partial charge in [0.2, 0.25) is 0 Å². The maximum atomic E-state index is 12.3. The minimum absolute atomic E-state index is 0.0198. The van der Waals surface area contributed by atoms with E-state index >= 15 is 0 Å². The van der Waals surface area contributed by atoms with Crippen LogP contribution in [0.5, 0.6) is 0 Å². The zero-order valence-electron chi connectivity index (χ0n) is 10.1. The summed E-state index contributed by atoms with van der Waals surface area (Å²) in [4.78, 5) is 28.7. The molecule has 1 saturated heterocycles. The van der Waals surface area contributed by atoms with E-state index in [1.807, 2.05) is 0 Å². The van der Waals surface area contributed by atoms with Crippen molar-refractivity contribution in [3.8, 4) is 0 Å². The number of likely N-dealkylation sites (tertiary alicyclic amines) is 1. The minimum atomic E-state index is -0.856. The highest BCUT2D eigenvalue weighted by atomic mass is 16.4. The summed E-state index contributed by atoms with van der Waals surface area (Å²) in [6.45, 7) is 0.631. The Morgan fingerprint density at radius 2 is 2.28 bits per heavy atom. The third-order valence-electron chi connectivity index (χ3n) is 3.21. The van der Waals surface area contributed by atoms with Crippen LogP contribution in [0.3, 0.4) is 0 Å². The molecule has 1 aromatic heterocycles. The quantitative estimate of drug-likeness (QED) is 0.881. The van der Waals surface area contributed by atoms with Crippen molar-refractivity contribution in [1.82, 2.24) is 9.88 Å². The molecular weight excluding hydrogens is 232 g/mol. The van der Waals surface area contributed by atoms with E-state index in [-0.39, 0.29) is 18.4 Å². The van der Waals surface area contributed by atoms with Crippen LogP contribution < -0.4 is 0 Å². The van der Waals surface area contributed by atoms with E-state index in [1.165, 1.54) is 6.20 Å². The zero-order valence-corrected chi connectivity index (χ0v) is 10.1. The van der Waals surface area contributed by atoms with E-state index in [2.05, 4.69) is 4.98 Å². The third-order valence-corrected chi connectivity index (χ3v) is 3.21. The van der Waals surface area contributed by atoms with Gasteiger partial charge in [-0.05, 0) is 31.4 Å². The van der Waals surface area contributed by atoms with Crippen molar-refractivity contribution in [3.63, 3.8) is 0 Å². The van der Waals surface area contributed by atoms with Crippen molar-refractivity contribution in [2.75, 3.05) is 6.54 Å². The standard InChI is InChI=1S/C13H16N2O3/c16-12(17)8-11-5-1-2-7-15(11)13(18)10-4-3-6-14-9-10/h3-4,6,9,11H,1-2,5,7-8H2,(H,16,17). The Labute approximate surface area is 105 Å². The molecular formula is C13H16N2O3. The third kappa shape index (κ3) is 2.85. The van der Waals surface area contributed by atoms with Gasteiger partial charge in [-0.3, -0.25) is 14.6 Å². The van der Waals surface area contributed by atoms with Crippen LogP contribution in [0.1, 0.15) is 36.0 Å². The van der Waals surface area contributed by atoms with Crippen LogP contribution in [-0.4, -0.2) is 39.5 Å². The second-order valence-electron chi connectivity index (χ2n) is 4.49. The van der Waals surface area contributed by atoms with E-state index < -0.39 is 5.97 Å². The normalized spacial score (nSPS) is 19.6. The molecule has 0 saturated carbocycles. The molecule has 5 nitrogen and oxygen atoms in total. The van der Waals surface area contributed by atoms with E-state index in [1.54, 1.807) is 23.2 Å². The highest BCUT2D eigenvalue weighted by Gasteiger charge is 2.28. The van der Waals surface area contributed by atoms with Crippen molar-refractivity contribution in [2.24, 2.45) is 0 Å². The molecule has 1 unspecified atom stereocenters. The molecule has 1 N–H and O–H groups in total. The number of pyridine rings is 1. The molecule has 18 heavy (non-hydrogen) atoms. The van der Waals surface area contributed by atoms with Crippen LogP contribution in [0.25, 0.3) is 0 Å². The monoisotopic (exact) mass is 248 g/mol. The predicted octanol–water partition coefficient (Wildman–Crippen LogP) is 1.55. The Kier molecular flexibility index (Phi) is 3.92. The average Bonchev–Trinajstić information content (AvgIpc) is 2.39. The maximum Gasteiger partial charge on any atom is 0.305 e. The summed E-state index contributed by atoms with van der Waals surface area (Å²) in [7, 11) is 0. The van der Waals surface area contributed by atoms with Gasteiger partial charge in [0.25, 0.3) is 5.91 Å².